The number of phenols is 1. The predicted molar refractivity (Wildman–Crippen MR) is 126 cm³/mol. The van der Waals surface area contributed by atoms with Gasteiger partial charge in [0.2, 0.25) is 0 Å². The van der Waals surface area contributed by atoms with E-state index in [1.807, 2.05) is 17.9 Å². The number of pyridine rings is 1. The second kappa shape index (κ2) is 7.53. The number of aliphatic hydroxyl groups excluding tert-OH is 1. The number of carbonyl (C=O) groups is 1. The standard InChI is InChI=1S/C25H31N5O3/c1-5-18-20-17(10-19(26-21(20)28-27-18)15-6-8-16(31)9-7-15)22(32)30-13-24(2)11-29(4)12-25(3,14-30)23(24)33/h6-10,23,31,33H,5,11-14H2,1-4H3,(H,26,27,28). The van der Waals surface area contributed by atoms with Crippen LogP contribution in [0.5, 0.6) is 5.75 Å². The lowest BCUT2D eigenvalue weighted by Gasteiger charge is -2.59. The van der Waals surface area contributed by atoms with E-state index in [1.54, 1.807) is 24.3 Å². The first-order valence-corrected chi connectivity index (χ1v) is 11.5. The third-order valence-electron chi connectivity index (χ3n) is 7.32. The van der Waals surface area contributed by atoms with Crippen molar-refractivity contribution in [3.63, 3.8) is 0 Å². The van der Waals surface area contributed by atoms with E-state index >= 15 is 0 Å². The van der Waals surface area contributed by atoms with Crippen LogP contribution in [0.3, 0.4) is 0 Å². The second-order valence-corrected chi connectivity index (χ2v) is 10.4. The molecule has 2 unspecified atom stereocenters. The van der Waals surface area contributed by atoms with Gasteiger partial charge in [0.1, 0.15) is 5.75 Å². The third-order valence-corrected chi connectivity index (χ3v) is 7.32. The van der Waals surface area contributed by atoms with Crippen molar-refractivity contribution < 1.29 is 15.0 Å². The highest BCUT2D eigenvalue weighted by Crippen LogP contribution is 2.46. The van der Waals surface area contributed by atoms with Crippen LogP contribution in [0.4, 0.5) is 0 Å². The second-order valence-electron chi connectivity index (χ2n) is 10.4. The molecule has 2 aliphatic rings. The minimum Gasteiger partial charge on any atom is -0.508 e. The van der Waals surface area contributed by atoms with Crippen molar-refractivity contribution in [2.45, 2.75) is 33.3 Å². The Kier molecular flexibility index (Phi) is 4.99. The molecule has 3 aromatic rings. The Morgan fingerprint density at radius 3 is 2.39 bits per heavy atom. The summed E-state index contributed by atoms with van der Waals surface area (Å²) in [5.74, 6) is 0.112. The van der Waals surface area contributed by atoms with E-state index < -0.39 is 16.9 Å². The van der Waals surface area contributed by atoms with Gasteiger partial charge in [0.15, 0.2) is 5.65 Å². The molecule has 0 saturated carbocycles. The number of likely N-dealkylation sites (tertiary alicyclic amines) is 2. The molecule has 2 atom stereocenters. The lowest BCUT2D eigenvalue weighted by molar-refractivity contribution is -0.161. The summed E-state index contributed by atoms with van der Waals surface area (Å²) in [4.78, 5) is 22.9. The number of hydrogen-bond donors (Lipinski definition) is 3. The average Bonchev–Trinajstić information content (AvgIpc) is 3.18. The molecule has 3 N–H and O–H groups in total. The summed E-state index contributed by atoms with van der Waals surface area (Å²) in [5, 5.41) is 29.0. The molecule has 2 fully saturated rings. The Bertz CT molecular complexity index is 1200. The number of aromatic amines is 1. The number of fused-ring (bicyclic) bond motifs is 3. The van der Waals surface area contributed by atoms with E-state index in [-0.39, 0.29) is 11.7 Å². The summed E-state index contributed by atoms with van der Waals surface area (Å²) in [6.45, 7) is 8.63. The molecule has 2 aliphatic heterocycles. The molecule has 0 spiro atoms. The van der Waals surface area contributed by atoms with Crippen LogP contribution in [0.15, 0.2) is 30.3 Å². The SMILES string of the molecule is CCc1[nH]nc2nc(-c3ccc(O)cc3)cc(C(=O)N3CC4(C)CN(C)CC(C)(C3)C4O)c12. The number of aliphatic hydroxyl groups is 1. The number of hydrogen-bond acceptors (Lipinski definition) is 6. The van der Waals surface area contributed by atoms with Gasteiger partial charge in [0.25, 0.3) is 5.91 Å². The summed E-state index contributed by atoms with van der Waals surface area (Å²) >= 11 is 0. The lowest BCUT2D eigenvalue weighted by atomic mass is 9.63. The van der Waals surface area contributed by atoms with Crippen molar-refractivity contribution in [2.75, 3.05) is 33.2 Å². The number of aryl methyl sites for hydroxylation is 1. The summed E-state index contributed by atoms with van der Waals surface area (Å²) in [6.07, 6.45) is 0.242. The van der Waals surface area contributed by atoms with Gasteiger partial charge in [0, 0.05) is 48.3 Å². The Morgan fingerprint density at radius 1 is 1.15 bits per heavy atom. The number of rotatable bonds is 3. The smallest absolute Gasteiger partial charge is 0.254 e. The summed E-state index contributed by atoms with van der Waals surface area (Å²) < 4.78 is 0. The van der Waals surface area contributed by atoms with Crippen LogP contribution in [0.1, 0.15) is 36.8 Å². The fraction of sp³-hybridized carbons (Fsp3) is 0.480. The van der Waals surface area contributed by atoms with E-state index in [0.29, 0.717) is 36.4 Å². The molecule has 33 heavy (non-hydrogen) atoms. The highest BCUT2D eigenvalue weighted by Gasteiger charge is 2.56. The van der Waals surface area contributed by atoms with Gasteiger partial charge >= 0.3 is 0 Å². The number of carbonyl (C=O) groups excluding carboxylic acids is 1. The number of benzene rings is 1. The number of piperidine rings is 2. The van der Waals surface area contributed by atoms with Gasteiger partial charge < -0.3 is 20.0 Å². The van der Waals surface area contributed by atoms with Crippen molar-refractivity contribution in [2.24, 2.45) is 10.8 Å². The Hall–Kier alpha value is -2.97. The molecule has 0 radical (unpaired) electrons. The zero-order valence-electron chi connectivity index (χ0n) is 19.6. The van der Waals surface area contributed by atoms with Crippen LogP contribution in [0, 0.1) is 10.8 Å². The van der Waals surface area contributed by atoms with Crippen LogP contribution in [-0.2, 0) is 6.42 Å². The summed E-state index contributed by atoms with van der Waals surface area (Å²) in [6, 6.07) is 8.62. The van der Waals surface area contributed by atoms with Crippen LogP contribution >= 0.6 is 0 Å². The van der Waals surface area contributed by atoms with Gasteiger partial charge in [-0.1, -0.05) is 20.8 Å². The third kappa shape index (κ3) is 3.48. The van der Waals surface area contributed by atoms with Crippen LogP contribution in [0.25, 0.3) is 22.3 Å². The number of amides is 1. The topological polar surface area (TPSA) is 106 Å². The molecular weight excluding hydrogens is 418 g/mol. The first kappa shape index (κ1) is 21.9. The van der Waals surface area contributed by atoms with E-state index in [1.165, 1.54) is 0 Å². The molecule has 0 aliphatic carbocycles. The van der Waals surface area contributed by atoms with E-state index in [9.17, 15) is 15.0 Å². The first-order valence-electron chi connectivity index (χ1n) is 11.5. The molecule has 8 nitrogen and oxygen atoms in total. The zero-order chi connectivity index (χ0) is 23.5. The molecule has 174 valence electrons. The highest BCUT2D eigenvalue weighted by molar-refractivity contribution is 6.07. The normalized spacial score (nSPS) is 27.8. The molecule has 8 heteroatoms. The lowest BCUT2D eigenvalue weighted by Crippen LogP contribution is -2.70. The fourth-order valence-corrected chi connectivity index (χ4v) is 6.11. The number of aromatic hydroxyl groups is 1. The maximum absolute atomic E-state index is 14.0. The van der Waals surface area contributed by atoms with Crippen molar-refractivity contribution >= 4 is 16.9 Å². The van der Waals surface area contributed by atoms with Gasteiger partial charge in [-0.2, -0.15) is 5.10 Å². The van der Waals surface area contributed by atoms with Crippen molar-refractivity contribution in [3.8, 4) is 17.0 Å². The Morgan fingerprint density at radius 2 is 1.79 bits per heavy atom. The molecule has 2 aromatic heterocycles. The highest BCUT2D eigenvalue weighted by atomic mass is 16.3. The van der Waals surface area contributed by atoms with Gasteiger partial charge in [-0.15, -0.1) is 0 Å². The maximum atomic E-state index is 14.0. The molecule has 2 bridgehead atoms. The zero-order valence-corrected chi connectivity index (χ0v) is 19.6. The van der Waals surface area contributed by atoms with Crippen molar-refractivity contribution in [1.82, 2.24) is 25.0 Å². The molecule has 1 amide bonds. The number of nitrogens with zero attached hydrogens (tertiary/aromatic N) is 4. The number of H-pyrrole nitrogens is 1. The van der Waals surface area contributed by atoms with Gasteiger partial charge in [-0.05, 0) is 43.8 Å². The fourth-order valence-electron chi connectivity index (χ4n) is 6.11. The average molecular weight is 450 g/mol. The number of aromatic nitrogens is 3. The minimum absolute atomic E-state index is 0.0626. The predicted octanol–water partition coefficient (Wildman–Crippen LogP) is 2.67. The molecule has 4 heterocycles. The number of phenolic OH excluding ortho intramolecular Hbond substituents is 1. The van der Waals surface area contributed by atoms with E-state index in [4.69, 9.17) is 4.98 Å². The first-order chi connectivity index (χ1) is 15.6. The van der Waals surface area contributed by atoms with Crippen LogP contribution in [-0.4, -0.2) is 80.4 Å². The molecule has 2 saturated heterocycles. The maximum Gasteiger partial charge on any atom is 0.254 e. The Labute approximate surface area is 193 Å². The van der Waals surface area contributed by atoms with E-state index in [0.717, 1.165) is 29.7 Å². The summed E-state index contributed by atoms with van der Waals surface area (Å²) in [5.41, 5.74) is 2.61. The van der Waals surface area contributed by atoms with Crippen molar-refractivity contribution in [1.29, 1.82) is 0 Å². The molecule has 5 rings (SSSR count). The van der Waals surface area contributed by atoms with Crippen LogP contribution < -0.4 is 0 Å². The summed E-state index contributed by atoms with van der Waals surface area (Å²) in [7, 11) is 2.08. The number of nitrogens with one attached hydrogen (secondary N) is 1. The van der Waals surface area contributed by atoms with Gasteiger partial charge in [0.05, 0.1) is 22.7 Å². The molecular formula is C25H31N5O3. The van der Waals surface area contributed by atoms with E-state index in [2.05, 4.69) is 36.0 Å². The van der Waals surface area contributed by atoms with Crippen LogP contribution in [0.2, 0.25) is 0 Å². The molecule has 1 aromatic carbocycles. The minimum atomic E-state index is -0.463. The van der Waals surface area contributed by atoms with Gasteiger partial charge in [-0.25, -0.2) is 4.98 Å². The largest absolute Gasteiger partial charge is 0.508 e. The monoisotopic (exact) mass is 449 g/mol. The van der Waals surface area contributed by atoms with Gasteiger partial charge in [-0.3, -0.25) is 9.89 Å². The quantitative estimate of drug-likeness (QED) is 0.568. The Balaban J connectivity index is 1.61. The van der Waals surface area contributed by atoms with Crippen molar-refractivity contribution in [3.05, 3.63) is 41.6 Å².